The van der Waals surface area contributed by atoms with Crippen LogP contribution in [0.15, 0.2) is 53.6 Å². The molecule has 8 heteroatoms. The number of aromatic nitrogens is 1. The van der Waals surface area contributed by atoms with Gasteiger partial charge < -0.3 is 10.6 Å². The van der Waals surface area contributed by atoms with Crippen molar-refractivity contribution in [2.45, 2.75) is 25.8 Å². The number of halogens is 1. The molecule has 0 saturated heterocycles. The Balaban J connectivity index is 1.52. The average molecular weight is 467 g/mol. The lowest BCUT2D eigenvalue weighted by Gasteiger charge is -2.30. The summed E-state index contributed by atoms with van der Waals surface area (Å²) in [6.45, 7) is 6.38. The van der Waals surface area contributed by atoms with Crippen LogP contribution in [0.4, 0.5) is 21.9 Å². The Morgan fingerprint density at radius 2 is 1.84 bits per heavy atom. The van der Waals surface area contributed by atoms with E-state index < -0.39 is 0 Å². The van der Waals surface area contributed by atoms with Crippen LogP contribution < -0.4 is 15.5 Å². The Kier molecular flexibility index (Phi) is 6.39. The number of nitrogens with zero attached hydrogens (tertiary/aromatic N) is 2. The van der Waals surface area contributed by atoms with Gasteiger partial charge in [0.15, 0.2) is 0 Å². The van der Waals surface area contributed by atoms with E-state index in [0.29, 0.717) is 28.5 Å². The van der Waals surface area contributed by atoms with Gasteiger partial charge in [0.05, 0.1) is 5.69 Å². The molecule has 32 heavy (non-hydrogen) atoms. The molecular weight excluding hydrogens is 444 g/mol. The van der Waals surface area contributed by atoms with Gasteiger partial charge in [-0.25, -0.2) is 9.78 Å². The number of hydrogen-bond acceptors (Lipinski definition) is 4. The predicted molar refractivity (Wildman–Crippen MR) is 131 cm³/mol. The van der Waals surface area contributed by atoms with E-state index in [9.17, 15) is 9.59 Å². The first-order valence-electron chi connectivity index (χ1n) is 10.2. The molecular formula is C24H23ClN4O2S. The molecule has 164 valence electrons. The number of carbonyl (C=O) groups excluding carboxylic acids is 2. The number of nitrogens with one attached hydrogen (secondary N) is 2. The first-order chi connectivity index (χ1) is 15.3. The fraction of sp³-hybridized carbons (Fsp3) is 0.208. The van der Waals surface area contributed by atoms with Crippen molar-refractivity contribution in [1.29, 1.82) is 0 Å². The van der Waals surface area contributed by atoms with Crippen molar-refractivity contribution >= 4 is 52.4 Å². The van der Waals surface area contributed by atoms with E-state index in [4.69, 9.17) is 11.6 Å². The lowest BCUT2D eigenvalue weighted by atomic mass is 10.1. The van der Waals surface area contributed by atoms with Gasteiger partial charge in [-0.1, -0.05) is 23.7 Å². The molecule has 3 aromatic rings. The van der Waals surface area contributed by atoms with E-state index >= 15 is 0 Å². The van der Waals surface area contributed by atoms with E-state index in [0.717, 1.165) is 33.3 Å². The number of pyridine rings is 1. The third kappa shape index (κ3) is 4.59. The highest BCUT2D eigenvalue weighted by Crippen LogP contribution is 2.36. The fourth-order valence-corrected chi connectivity index (χ4v) is 4.90. The zero-order valence-electron chi connectivity index (χ0n) is 18.0. The number of rotatable bonds is 3. The van der Waals surface area contributed by atoms with Gasteiger partial charge in [0.2, 0.25) is 0 Å². The van der Waals surface area contributed by atoms with Crippen LogP contribution in [-0.4, -0.2) is 29.2 Å². The van der Waals surface area contributed by atoms with Gasteiger partial charge in [0.1, 0.15) is 5.03 Å². The lowest BCUT2D eigenvalue weighted by molar-refractivity contribution is 0.102. The lowest BCUT2D eigenvalue weighted by Crippen LogP contribution is -2.39. The van der Waals surface area contributed by atoms with Crippen molar-refractivity contribution in [2.24, 2.45) is 0 Å². The smallest absolute Gasteiger partial charge is 0.322 e. The monoisotopic (exact) mass is 466 g/mol. The Bertz CT molecular complexity index is 1210. The molecule has 0 spiro atoms. The molecule has 1 aliphatic heterocycles. The van der Waals surface area contributed by atoms with Crippen LogP contribution in [0.5, 0.6) is 0 Å². The zero-order chi connectivity index (χ0) is 22.8. The molecule has 0 unspecified atom stereocenters. The number of hydrogen-bond donors (Lipinski definition) is 2. The van der Waals surface area contributed by atoms with Crippen molar-refractivity contribution in [3.8, 4) is 0 Å². The second kappa shape index (κ2) is 9.22. The first-order valence-corrected chi connectivity index (χ1v) is 11.6. The van der Waals surface area contributed by atoms with Crippen molar-refractivity contribution in [3.05, 3.63) is 75.9 Å². The quantitative estimate of drug-likeness (QED) is 0.492. The van der Waals surface area contributed by atoms with Gasteiger partial charge in [0, 0.05) is 40.0 Å². The standard InChI is InChI=1S/C24H23ClN4O2S/c1-14-12-15(2)26-23-21(14)29(10-11-32-23)24(31)27-18-7-4-6-17(13-18)22(30)28-20-9-5-8-19(25)16(20)3/h4-9,12-13H,10-11H2,1-3H3,(H,27,31)(H,28,30). The molecule has 0 radical (unpaired) electrons. The molecule has 0 saturated carbocycles. The summed E-state index contributed by atoms with van der Waals surface area (Å²) >= 11 is 7.80. The van der Waals surface area contributed by atoms with Crippen LogP contribution in [0.2, 0.25) is 5.02 Å². The highest BCUT2D eigenvalue weighted by atomic mass is 35.5. The molecule has 6 nitrogen and oxygen atoms in total. The summed E-state index contributed by atoms with van der Waals surface area (Å²) in [6.07, 6.45) is 0. The summed E-state index contributed by atoms with van der Waals surface area (Å²) in [4.78, 5) is 32.2. The Labute approximate surface area is 196 Å². The number of carbonyl (C=O) groups is 2. The van der Waals surface area contributed by atoms with Gasteiger partial charge in [-0.15, -0.1) is 11.8 Å². The topological polar surface area (TPSA) is 74.3 Å². The number of aryl methyl sites for hydroxylation is 2. The molecule has 1 aliphatic rings. The molecule has 2 aromatic carbocycles. The molecule has 0 fully saturated rings. The second-order valence-electron chi connectivity index (χ2n) is 7.61. The summed E-state index contributed by atoms with van der Waals surface area (Å²) in [5.74, 6) is 0.499. The number of urea groups is 1. The number of anilines is 3. The van der Waals surface area contributed by atoms with Gasteiger partial charge in [-0.05, 0) is 68.3 Å². The number of amides is 3. The number of benzene rings is 2. The molecule has 0 atom stereocenters. The van der Waals surface area contributed by atoms with Crippen LogP contribution in [0.25, 0.3) is 0 Å². The zero-order valence-corrected chi connectivity index (χ0v) is 19.6. The molecule has 3 amide bonds. The van der Waals surface area contributed by atoms with Crippen LogP contribution in [0.1, 0.15) is 27.2 Å². The van der Waals surface area contributed by atoms with Crippen LogP contribution >= 0.6 is 23.4 Å². The van der Waals surface area contributed by atoms with E-state index in [2.05, 4.69) is 15.6 Å². The third-order valence-corrected chi connectivity index (χ3v) is 6.59. The normalized spacial score (nSPS) is 12.8. The van der Waals surface area contributed by atoms with Gasteiger partial charge in [-0.3, -0.25) is 9.69 Å². The SMILES string of the molecule is Cc1cc(C)c2c(n1)SCCN2C(=O)Nc1cccc(C(=O)Nc2cccc(Cl)c2C)c1. The predicted octanol–water partition coefficient (Wildman–Crippen LogP) is 6.06. The van der Waals surface area contributed by atoms with E-state index in [1.807, 2.05) is 26.8 Å². The average Bonchev–Trinajstić information content (AvgIpc) is 2.76. The van der Waals surface area contributed by atoms with Crippen LogP contribution in [-0.2, 0) is 0 Å². The minimum Gasteiger partial charge on any atom is -0.322 e. The molecule has 2 heterocycles. The van der Waals surface area contributed by atoms with E-state index in [-0.39, 0.29) is 11.9 Å². The molecule has 2 N–H and O–H groups in total. The van der Waals surface area contributed by atoms with E-state index in [1.54, 1.807) is 59.1 Å². The van der Waals surface area contributed by atoms with Crippen molar-refractivity contribution in [3.63, 3.8) is 0 Å². The molecule has 0 aliphatic carbocycles. The molecule has 4 rings (SSSR count). The van der Waals surface area contributed by atoms with Gasteiger partial charge >= 0.3 is 6.03 Å². The Hall–Kier alpha value is -3.03. The minimum atomic E-state index is -0.276. The maximum Gasteiger partial charge on any atom is 0.326 e. The van der Waals surface area contributed by atoms with Gasteiger partial charge in [-0.2, -0.15) is 0 Å². The van der Waals surface area contributed by atoms with Crippen molar-refractivity contribution in [2.75, 3.05) is 27.8 Å². The third-order valence-electron chi connectivity index (χ3n) is 5.24. The summed E-state index contributed by atoms with van der Waals surface area (Å²) < 4.78 is 0. The van der Waals surface area contributed by atoms with Crippen molar-refractivity contribution < 1.29 is 9.59 Å². The highest BCUT2D eigenvalue weighted by Gasteiger charge is 2.26. The summed E-state index contributed by atoms with van der Waals surface area (Å²) in [7, 11) is 0. The van der Waals surface area contributed by atoms with E-state index in [1.165, 1.54) is 0 Å². The number of thioether (sulfide) groups is 1. The van der Waals surface area contributed by atoms with Crippen LogP contribution in [0.3, 0.4) is 0 Å². The summed E-state index contributed by atoms with van der Waals surface area (Å²) in [5, 5.41) is 7.26. The van der Waals surface area contributed by atoms with Crippen molar-refractivity contribution in [1.82, 2.24) is 4.98 Å². The Morgan fingerprint density at radius 3 is 2.66 bits per heavy atom. The molecule has 1 aromatic heterocycles. The fourth-order valence-electron chi connectivity index (χ4n) is 3.64. The second-order valence-corrected chi connectivity index (χ2v) is 9.10. The van der Waals surface area contributed by atoms with Crippen LogP contribution in [0, 0.1) is 20.8 Å². The van der Waals surface area contributed by atoms with Gasteiger partial charge in [0.25, 0.3) is 5.91 Å². The maximum atomic E-state index is 13.1. The number of fused-ring (bicyclic) bond motifs is 1. The Morgan fingerprint density at radius 1 is 1.06 bits per heavy atom. The largest absolute Gasteiger partial charge is 0.326 e. The molecule has 0 bridgehead atoms. The summed E-state index contributed by atoms with van der Waals surface area (Å²) in [5.41, 5.74) is 5.22. The minimum absolute atomic E-state index is 0.247. The maximum absolute atomic E-state index is 13.1. The highest BCUT2D eigenvalue weighted by molar-refractivity contribution is 7.99. The first kappa shape index (κ1) is 22.2. The summed E-state index contributed by atoms with van der Waals surface area (Å²) in [6, 6.07) is 14.0.